The first-order valence-electron chi connectivity index (χ1n) is 7.44. The van der Waals surface area contributed by atoms with Gasteiger partial charge in [-0.05, 0) is 54.4 Å². The van der Waals surface area contributed by atoms with Crippen LogP contribution in [0.2, 0.25) is 0 Å². The van der Waals surface area contributed by atoms with E-state index in [0.29, 0.717) is 0 Å². The van der Waals surface area contributed by atoms with Crippen molar-refractivity contribution in [3.8, 4) is 0 Å². The number of rotatable bonds is 0. The van der Waals surface area contributed by atoms with E-state index in [1.165, 1.54) is 44.9 Å². The van der Waals surface area contributed by atoms with E-state index in [1.807, 2.05) is 0 Å². The van der Waals surface area contributed by atoms with Crippen molar-refractivity contribution in [1.29, 1.82) is 0 Å². The lowest BCUT2D eigenvalue weighted by atomic mass is 9.82. The first-order chi connectivity index (χ1) is 8.95. The molecule has 0 fully saturated rings. The molecule has 3 aliphatic rings. The van der Waals surface area contributed by atoms with Crippen LogP contribution in [0.3, 0.4) is 0 Å². The van der Waals surface area contributed by atoms with Crippen molar-refractivity contribution in [2.24, 2.45) is 0 Å². The monoisotopic (exact) mass is 236 g/mol. The Balaban J connectivity index is 1.90. The molecule has 0 bridgehead atoms. The van der Waals surface area contributed by atoms with Crippen molar-refractivity contribution in [2.75, 3.05) is 0 Å². The lowest BCUT2D eigenvalue weighted by molar-refractivity contribution is 0.572. The smallest absolute Gasteiger partial charge is 0.00662 e. The van der Waals surface area contributed by atoms with Gasteiger partial charge in [-0.1, -0.05) is 48.8 Å². The van der Waals surface area contributed by atoms with Crippen LogP contribution in [0.5, 0.6) is 0 Å². The number of aryl methyl sites for hydroxylation is 1. The highest BCUT2D eigenvalue weighted by molar-refractivity contribution is 5.81. The van der Waals surface area contributed by atoms with Crippen LogP contribution in [0.1, 0.15) is 61.1 Å². The van der Waals surface area contributed by atoms with Gasteiger partial charge >= 0.3 is 0 Å². The molecule has 0 radical (unpaired) electrons. The maximum absolute atomic E-state index is 2.38. The van der Waals surface area contributed by atoms with Crippen LogP contribution >= 0.6 is 0 Å². The van der Waals surface area contributed by atoms with Gasteiger partial charge in [-0.3, -0.25) is 0 Å². The maximum Gasteiger partial charge on any atom is 0.00662 e. The Morgan fingerprint density at radius 1 is 0.944 bits per heavy atom. The minimum Gasteiger partial charge on any atom is -0.0841 e. The molecule has 0 aliphatic heterocycles. The summed E-state index contributed by atoms with van der Waals surface area (Å²) in [5, 5.41) is 0. The van der Waals surface area contributed by atoms with E-state index in [2.05, 4.69) is 30.4 Å². The Labute approximate surface area is 109 Å². The van der Waals surface area contributed by atoms with E-state index in [-0.39, 0.29) is 0 Å². The zero-order valence-electron chi connectivity index (χ0n) is 10.9. The van der Waals surface area contributed by atoms with Gasteiger partial charge in [-0.2, -0.15) is 0 Å². The molecular formula is C18H20. The Bertz CT molecular complexity index is 545. The topological polar surface area (TPSA) is 0 Å². The van der Waals surface area contributed by atoms with Crippen molar-refractivity contribution in [2.45, 2.75) is 50.9 Å². The summed E-state index contributed by atoms with van der Waals surface area (Å²) in [7, 11) is 0. The number of allylic oxidation sites excluding steroid dienone is 4. The molecule has 0 aromatic heterocycles. The van der Waals surface area contributed by atoms with Crippen LogP contribution in [0.4, 0.5) is 0 Å². The molecule has 18 heavy (non-hydrogen) atoms. The van der Waals surface area contributed by atoms with E-state index < -0.39 is 0 Å². The SMILES string of the molecule is C1=CCC2=C(C1)c1cccc3c1C2CCCCC3. The average Bonchev–Trinajstić information content (AvgIpc) is 2.70. The van der Waals surface area contributed by atoms with Crippen LogP contribution < -0.4 is 0 Å². The first kappa shape index (κ1) is 10.6. The average molecular weight is 236 g/mol. The molecular weight excluding hydrogens is 216 g/mol. The molecule has 0 spiro atoms. The highest BCUT2D eigenvalue weighted by Crippen LogP contribution is 2.50. The van der Waals surface area contributed by atoms with Gasteiger partial charge in [0.1, 0.15) is 0 Å². The molecule has 0 nitrogen and oxygen atoms in total. The van der Waals surface area contributed by atoms with E-state index in [9.17, 15) is 0 Å². The van der Waals surface area contributed by atoms with Crippen molar-refractivity contribution < 1.29 is 0 Å². The third kappa shape index (κ3) is 1.44. The summed E-state index contributed by atoms with van der Waals surface area (Å²) in [6, 6.07) is 7.03. The summed E-state index contributed by atoms with van der Waals surface area (Å²) in [6.45, 7) is 0. The van der Waals surface area contributed by atoms with Gasteiger partial charge in [0.15, 0.2) is 0 Å². The fourth-order valence-electron chi connectivity index (χ4n) is 4.14. The quantitative estimate of drug-likeness (QED) is 0.556. The van der Waals surface area contributed by atoms with Crippen LogP contribution in [-0.4, -0.2) is 0 Å². The minimum atomic E-state index is 0.761. The summed E-state index contributed by atoms with van der Waals surface area (Å²) in [5.41, 5.74) is 8.37. The molecule has 3 aliphatic carbocycles. The molecule has 0 heteroatoms. The second kappa shape index (κ2) is 4.12. The molecule has 92 valence electrons. The van der Waals surface area contributed by atoms with E-state index in [0.717, 1.165) is 5.92 Å². The van der Waals surface area contributed by atoms with Gasteiger partial charge < -0.3 is 0 Å². The Morgan fingerprint density at radius 2 is 1.89 bits per heavy atom. The Kier molecular flexibility index (Phi) is 2.43. The molecule has 1 aromatic carbocycles. The largest absolute Gasteiger partial charge is 0.0841 e. The highest BCUT2D eigenvalue weighted by Gasteiger charge is 2.32. The summed E-state index contributed by atoms with van der Waals surface area (Å²) in [4.78, 5) is 0. The summed E-state index contributed by atoms with van der Waals surface area (Å²) in [5.74, 6) is 0.761. The molecule has 1 aromatic rings. The van der Waals surface area contributed by atoms with Gasteiger partial charge in [0.05, 0.1) is 0 Å². The number of benzene rings is 1. The van der Waals surface area contributed by atoms with Gasteiger partial charge in [0, 0.05) is 5.92 Å². The third-order valence-electron chi connectivity index (χ3n) is 4.94. The summed E-state index contributed by atoms with van der Waals surface area (Å²) < 4.78 is 0. The second-order valence-corrected chi connectivity index (χ2v) is 5.91. The van der Waals surface area contributed by atoms with E-state index in [1.54, 1.807) is 27.8 Å². The fraction of sp³-hybridized carbons (Fsp3) is 0.444. The fourth-order valence-corrected chi connectivity index (χ4v) is 4.14. The van der Waals surface area contributed by atoms with Gasteiger partial charge in [0.2, 0.25) is 0 Å². The zero-order chi connectivity index (χ0) is 11.9. The van der Waals surface area contributed by atoms with Crippen molar-refractivity contribution >= 4 is 5.57 Å². The Hall–Kier alpha value is -1.30. The molecule has 0 saturated heterocycles. The Morgan fingerprint density at radius 3 is 2.89 bits per heavy atom. The lowest BCUT2D eigenvalue weighted by Gasteiger charge is -2.22. The molecule has 0 N–H and O–H groups in total. The number of hydrogen-bond acceptors (Lipinski definition) is 0. The van der Waals surface area contributed by atoms with Crippen molar-refractivity contribution in [3.05, 3.63) is 52.6 Å². The second-order valence-electron chi connectivity index (χ2n) is 5.91. The zero-order valence-corrected chi connectivity index (χ0v) is 10.9. The number of hydrogen-bond donors (Lipinski definition) is 0. The minimum absolute atomic E-state index is 0.761. The van der Waals surface area contributed by atoms with E-state index >= 15 is 0 Å². The summed E-state index contributed by atoms with van der Waals surface area (Å²) >= 11 is 0. The number of fused-ring (bicyclic) bond motifs is 2. The maximum atomic E-state index is 2.38. The molecule has 0 heterocycles. The first-order valence-corrected chi connectivity index (χ1v) is 7.44. The molecule has 1 unspecified atom stereocenters. The van der Waals surface area contributed by atoms with Crippen molar-refractivity contribution in [1.82, 2.24) is 0 Å². The normalized spacial score (nSPS) is 25.4. The van der Waals surface area contributed by atoms with Crippen LogP contribution in [-0.2, 0) is 6.42 Å². The summed E-state index contributed by atoms with van der Waals surface area (Å²) in [6.07, 6.45) is 14.0. The predicted molar refractivity (Wildman–Crippen MR) is 76.6 cm³/mol. The molecule has 4 rings (SSSR count). The van der Waals surface area contributed by atoms with Gasteiger partial charge in [0.25, 0.3) is 0 Å². The third-order valence-corrected chi connectivity index (χ3v) is 4.94. The van der Waals surface area contributed by atoms with Crippen LogP contribution in [0.15, 0.2) is 35.9 Å². The van der Waals surface area contributed by atoms with Gasteiger partial charge in [-0.25, -0.2) is 0 Å². The highest BCUT2D eigenvalue weighted by atomic mass is 14.4. The van der Waals surface area contributed by atoms with Crippen LogP contribution in [0.25, 0.3) is 5.57 Å². The lowest BCUT2D eigenvalue weighted by Crippen LogP contribution is -2.06. The van der Waals surface area contributed by atoms with Gasteiger partial charge in [-0.15, -0.1) is 0 Å². The predicted octanol–water partition coefficient (Wildman–Crippen LogP) is 5.00. The van der Waals surface area contributed by atoms with Crippen molar-refractivity contribution in [3.63, 3.8) is 0 Å². The molecule has 0 saturated carbocycles. The molecule has 1 atom stereocenters. The standard InChI is InChI=1S/C18H20/c1-2-7-13-8-6-12-17-15-10-5-4-9-14(15)16(11-3-1)18(13)17/h4-6,8,12,16H,1-3,7,9-11H2. The molecule has 0 amide bonds. The van der Waals surface area contributed by atoms with E-state index in [4.69, 9.17) is 0 Å². The van der Waals surface area contributed by atoms with Crippen LogP contribution in [0, 0.1) is 0 Å².